The number of hydrogen-bond acceptors (Lipinski definition) is 4. The van der Waals surface area contributed by atoms with Crippen LogP contribution in [0.15, 0.2) is 6.20 Å². The van der Waals surface area contributed by atoms with Gasteiger partial charge in [0, 0.05) is 14.2 Å². The summed E-state index contributed by atoms with van der Waals surface area (Å²) in [7, 11) is 7.23. The average molecular weight is 241 g/mol. The van der Waals surface area contributed by atoms with Gasteiger partial charge in [0.25, 0.3) is 0 Å². The van der Waals surface area contributed by atoms with Crippen molar-refractivity contribution in [2.24, 2.45) is 13.0 Å². The van der Waals surface area contributed by atoms with E-state index in [1.54, 1.807) is 20.4 Å². The Balaban J connectivity index is 3.11. The Morgan fingerprint density at radius 1 is 1.35 bits per heavy atom. The van der Waals surface area contributed by atoms with Crippen LogP contribution in [0.1, 0.15) is 25.6 Å². The third-order valence-corrected chi connectivity index (χ3v) is 3.03. The van der Waals surface area contributed by atoms with Gasteiger partial charge in [-0.05, 0) is 13.0 Å². The standard InChI is InChI=1S/C12H23N3O2/c1-8(2)12(17-6)10(13-3)11-9(16-5)7-14-15(11)4/h7-8,10,12-13H,1-6H3. The Morgan fingerprint density at radius 2 is 2.00 bits per heavy atom. The first kappa shape index (κ1) is 14.0. The average Bonchev–Trinajstić information content (AvgIpc) is 2.66. The summed E-state index contributed by atoms with van der Waals surface area (Å²) in [5, 5.41) is 7.51. The molecule has 5 nitrogen and oxygen atoms in total. The zero-order valence-electron chi connectivity index (χ0n) is 11.5. The zero-order chi connectivity index (χ0) is 13.0. The first-order chi connectivity index (χ1) is 8.06. The summed E-state index contributed by atoms with van der Waals surface area (Å²) in [6, 6.07) is 0.0578. The van der Waals surface area contributed by atoms with Crippen molar-refractivity contribution >= 4 is 0 Å². The number of methoxy groups -OCH3 is 2. The highest BCUT2D eigenvalue weighted by molar-refractivity contribution is 5.29. The lowest BCUT2D eigenvalue weighted by Gasteiger charge is -2.29. The van der Waals surface area contributed by atoms with Gasteiger partial charge in [0.1, 0.15) is 0 Å². The molecule has 0 spiro atoms. The molecule has 1 aromatic rings. The third-order valence-electron chi connectivity index (χ3n) is 3.03. The van der Waals surface area contributed by atoms with Crippen molar-refractivity contribution in [3.05, 3.63) is 11.9 Å². The number of aromatic nitrogens is 2. The molecular formula is C12H23N3O2. The molecule has 1 heterocycles. The number of ether oxygens (including phenoxy) is 2. The van der Waals surface area contributed by atoms with Crippen molar-refractivity contribution < 1.29 is 9.47 Å². The topological polar surface area (TPSA) is 48.3 Å². The highest BCUT2D eigenvalue weighted by Crippen LogP contribution is 2.30. The Labute approximate surface area is 103 Å². The first-order valence-corrected chi connectivity index (χ1v) is 5.82. The summed E-state index contributed by atoms with van der Waals surface area (Å²) in [5.74, 6) is 1.19. The maximum absolute atomic E-state index is 5.58. The zero-order valence-corrected chi connectivity index (χ0v) is 11.5. The van der Waals surface area contributed by atoms with Crippen LogP contribution in [0.3, 0.4) is 0 Å². The quantitative estimate of drug-likeness (QED) is 0.817. The van der Waals surface area contributed by atoms with E-state index in [-0.39, 0.29) is 12.1 Å². The molecular weight excluding hydrogens is 218 g/mol. The van der Waals surface area contributed by atoms with Crippen molar-refractivity contribution in [1.29, 1.82) is 0 Å². The van der Waals surface area contributed by atoms with Crippen LogP contribution in [0, 0.1) is 5.92 Å². The Kier molecular flexibility index (Phi) is 4.96. The van der Waals surface area contributed by atoms with Crippen molar-refractivity contribution in [2.75, 3.05) is 21.3 Å². The van der Waals surface area contributed by atoms with Crippen LogP contribution >= 0.6 is 0 Å². The number of aryl methyl sites for hydroxylation is 1. The fourth-order valence-corrected chi connectivity index (χ4v) is 2.19. The molecule has 0 bridgehead atoms. The van der Waals surface area contributed by atoms with Gasteiger partial charge < -0.3 is 14.8 Å². The lowest BCUT2D eigenvalue weighted by Crippen LogP contribution is -2.36. The van der Waals surface area contributed by atoms with E-state index in [9.17, 15) is 0 Å². The normalized spacial score (nSPS) is 15.0. The van der Waals surface area contributed by atoms with Gasteiger partial charge in [0.2, 0.25) is 0 Å². The van der Waals surface area contributed by atoms with Crippen molar-refractivity contribution in [3.8, 4) is 5.75 Å². The van der Waals surface area contributed by atoms with Crippen molar-refractivity contribution in [3.63, 3.8) is 0 Å². The highest BCUT2D eigenvalue weighted by atomic mass is 16.5. The SMILES string of the molecule is CNC(c1c(OC)cnn1C)C(OC)C(C)C. The van der Waals surface area contributed by atoms with E-state index in [4.69, 9.17) is 9.47 Å². The monoisotopic (exact) mass is 241 g/mol. The Morgan fingerprint density at radius 3 is 2.41 bits per heavy atom. The minimum Gasteiger partial charge on any atom is -0.493 e. The number of rotatable bonds is 6. The van der Waals surface area contributed by atoms with Gasteiger partial charge in [-0.25, -0.2) is 0 Å². The molecule has 0 saturated carbocycles. The molecule has 0 saturated heterocycles. The molecule has 0 aliphatic carbocycles. The molecule has 2 atom stereocenters. The summed E-state index contributed by atoms with van der Waals surface area (Å²) in [6.45, 7) is 4.28. The molecule has 0 aliphatic heterocycles. The molecule has 0 aromatic carbocycles. The van der Waals surface area contributed by atoms with Crippen LogP contribution in [0.5, 0.6) is 5.75 Å². The molecule has 1 rings (SSSR count). The Bertz CT molecular complexity index is 350. The van der Waals surface area contributed by atoms with Gasteiger partial charge in [-0.2, -0.15) is 5.10 Å². The van der Waals surface area contributed by atoms with Gasteiger partial charge in [0.15, 0.2) is 5.75 Å². The second-order valence-electron chi connectivity index (χ2n) is 4.43. The summed E-state index contributed by atoms with van der Waals surface area (Å²) in [4.78, 5) is 0. The van der Waals surface area contributed by atoms with E-state index in [2.05, 4.69) is 24.3 Å². The van der Waals surface area contributed by atoms with E-state index in [0.717, 1.165) is 11.4 Å². The van der Waals surface area contributed by atoms with Gasteiger partial charge in [-0.3, -0.25) is 4.68 Å². The molecule has 2 unspecified atom stereocenters. The van der Waals surface area contributed by atoms with E-state index in [1.807, 2.05) is 18.8 Å². The van der Waals surface area contributed by atoms with E-state index < -0.39 is 0 Å². The van der Waals surface area contributed by atoms with Crippen LogP contribution in [-0.4, -0.2) is 37.2 Å². The van der Waals surface area contributed by atoms with Gasteiger partial charge in [-0.15, -0.1) is 0 Å². The highest BCUT2D eigenvalue weighted by Gasteiger charge is 2.29. The maximum Gasteiger partial charge on any atom is 0.161 e. The van der Waals surface area contributed by atoms with E-state index >= 15 is 0 Å². The van der Waals surface area contributed by atoms with Crippen LogP contribution in [0.25, 0.3) is 0 Å². The molecule has 1 N–H and O–H groups in total. The molecule has 0 radical (unpaired) electrons. The summed E-state index contributed by atoms with van der Waals surface area (Å²) in [5.41, 5.74) is 1.01. The maximum atomic E-state index is 5.58. The largest absolute Gasteiger partial charge is 0.493 e. The molecule has 0 aliphatic rings. The molecule has 98 valence electrons. The van der Waals surface area contributed by atoms with Crippen LogP contribution < -0.4 is 10.1 Å². The van der Waals surface area contributed by atoms with Crippen LogP contribution in [-0.2, 0) is 11.8 Å². The first-order valence-electron chi connectivity index (χ1n) is 5.82. The molecule has 1 aromatic heterocycles. The second kappa shape index (κ2) is 6.02. The third kappa shape index (κ3) is 2.79. The predicted octanol–water partition coefficient (Wildman–Crippen LogP) is 1.36. The van der Waals surface area contributed by atoms with Crippen LogP contribution in [0.2, 0.25) is 0 Å². The van der Waals surface area contributed by atoms with Crippen LogP contribution in [0.4, 0.5) is 0 Å². The second-order valence-corrected chi connectivity index (χ2v) is 4.43. The number of nitrogens with zero attached hydrogens (tertiary/aromatic N) is 2. The van der Waals surface area contributed by atoms with Crippen molar-refractivity contribution in [2.45, 2.75) is 26.0 Å². The molecule has 0 amide bonds. The van der Waals surface area contributed by atoms with E-state index in [1.165, 1.54) is 0 Å². The van der Waals surface area contributed by atoms with Gasteiger partial charge >= 0.3 is 0 Å². The van der Waals surface area contributed by atoms with Gasteiger partial charge in [-0.1, -0.05) is 13.8 Å². The fraction of sp³-hybridized carbons (Fsp3) is 0.750. The summed E-state index contributed by atoms with van der Waals surface area (Å²) in [6.07, 6.45) is 1.80. The van der Waals surface area contributed by atoms with E-state index in [0.29, 0.717) is 5.92 Å². The Hall–Kier alpha value is -1.07. The number of likely N-dealkylation sites (N-methyl/N-ethyl adjacent to an activating group) is 1. The minimum absolute atomic E-state index is 0.0578. The van der Waals surface area contributed by atoms with Crippen molar-refractivity contribution in [1.82, 2.24) is 15.1 Å². The number of hydrogen-bond donors (Lipinski definition) is 1. The summed E-state index contributed by atoms with van der Waals surface area (Å²) < 4.78 is 12.8. The minimum atomic E-state index is 0.0578. The van der Waals surface area contributed by atoms with Gasteiger partial charge in [0.05, 0.1) is 31.1 Å². The molecule has 17 heavy (non-hydrogen) atoms. The molecule has 0 fully saturated rings. The lowest BCUT2D eigenvalue weighted by molar-refractivity contribution is 0.0319. The lowest BCUT2D eigenvalue weighted by atomic mass is 9.96. The fourth-order valence-electron chi connectivity index (χ4n) is 2.19. The predicted molar refractivity (Wildman–Crippen MR) is 67.2 cm³/mol. The number of nitrogens with one attached hydrogen (secondary N) is 1. The molecule has 5 heteroatoms. The summed E-state index contributed by atoms with van der Waals surface area (Å²) >= 11 is 0. The smallest absolute Gasteiger partial charge is 0.161 e.